The number of hydrogen-bond donors (Lipinski definition) is 1. The van der Waals surface area contributed by atoms with Crippen LogP contribution in [-0.4, -0.2) is 17.9 Å². The van der Waals surface area contributed by atoms with Crippen LogP contribution >= 0.6 is 0 Å². The monoisotopic (exact) mass is 463 g/mol. The van der Waals surface area contributed by atoms with Crippen LogP contribution in [0.3, 0.4) is 0 Å². The van der Waals surface area contributed by atoms with E-state index < -0.39 is 0 Å². The zero-order valence-electron chi connectivity index (χ0n) is 24.8. The molecule has 2 N–H and O–H groups in total. The van der Waals surface area contributed by atoms with Crippen molar-refractivity contribution in [3.8, 4) is 0 Å². The summed E-state index contributed by atoms with van der Waals surface area (Å²) in [6, 6.07) is 0. The molecule has 0 bridgehead atoms. The zero-order chi connectivity index (χ0) is 25.9. The lowest BCUT2D eigenvalue weighted by atomic mass is 9.22. The van der Waals surface area contributed by atoms with Gasteiger partial charge in [0.1, 0.15) is 5.78 Å². The molecule has 2 nitrogen and oxygen atoms in total. The summed E-state index contributed by atoms with van der Waals surface area (Å²) in [5.41, 5.74) is 5.91. The van der Waals surface area contributed by atoms with Gasteiger partial charge in [-0.25, -0.2) is 0 Å². The van der Waals surface area contributed by atoms with Gasteiger partial charge in [0.15, 0.2) is 6.71 Å². The molecule has 0 radical (unpaired) electrons. The quantitative estimate of drug-likeness (QED) is 0.153. The minimum absolute atomic E-state index is 0.00588. The van der Waals surface area contributed by atoms with Gasteiger partial charge in [0.05, 0.1) is 0 Å². The third-order valence-electron chi connectivity index (χ3n) is 8.02. The average Bonchev–Trinajstić information content (AvgIpc) is 2.67. The summed E-state index contributed by atoms with van der Waals surface area (Å²) in [4.78, 5) is 14.2. The maximum Gasteiger partial charge on any atom is 0.169 e. The van der Waals surface area contributed by atoms with Crippen LogP contribution in [0.1, 0.15) is 153 Å². The average molecular weight is 464 g/mol. The van der Waals surface area contributed by atoms with Crippen LogP contribution < -0.4 is 5.73 Å². The van der Waals surface area contributed by atoms with Crippen LogP contribution in [0.15, 0.2) is 0 Å². The summed E-state index contributed by atoms with van der Waals surface area (Å²) < 4.78 is 0. The molecule has 0 aromatic rings. The van der Waals surface area contributed by atoms with Crippen molar-refractivity contribution in [3.05, 3.63) is 0 Å². The Morgan fingerprint density at radius 2 is 1.18 bits per heavy atom. The predicted molar refractivity (Wildman–Crippen MR) is 151 cm³/mol. The number of ketones is 1. The third kappa shape index (κ3) is 11.8. The molecule has 0 amide bonds. The highest BCUT2D eigenvalue weighted by atomic mass is 16.1. The molecule has 0 saturated carbocycles. The molecule has 0 aliphatic rings. The van der Waals surface area contributed by atoms with Crippen molar-refractivity contribution in [1.82, 2.24) is 0 Å². The van der Waals surface area contributed by atoms with Gasteiger partial charge in [-0.2, -0.15) is 0 Å². The summed E-state index contributed by atoms with van der Waals surface area (Å²) >= 11 is 0. The number of unbranched alkanes of at least 4 members (excludes halogenated alkanes) is 7. The van der Waals surface area contributed by atoms with Gasteiger partial charge in [0.25, 0.3) is 0 Å². The number of rotatable bonds is 19. The molecular formula is C30H62BNO. The van der Waals surface area contributed by atoms with Crippen LogP contribution in [0.5, 0.6) is 0 Å². The number of hydrogen-bond acceptors (Lipinski definition) is 2. The summed E-state index contributed by atoms with van der Waals surface area (Å²) in [5.74, 6) is 1.09. The second-order valence-corrected chi connectivity index (χ2v) is 13.9. The molecule has 0 rings (SSSR count). The smallest absolute Gasteiger partial charge is 0.169 e. The molecule has 0 spiro atoms. The maximum atomic E-state index is 14.2. The normalized spacial score (nSPS) is 15.1. The summed E-state index contributed by atoms with van der Waals surface area (Å²) in [5, 5.41) is 0.00588. The Morgan fingerprint density at radius 1 is 0.758 bits per heavy atom. The van der Waals surface area contributed by atoms with Crippen molar-refractivity contribution >= 4 is 12.5 Å². The minimum atomic E-state index is -0.340. The van der Waals surface area contributed by atoms with Gasteiger partial charge in [-0.05, 0) is 24.7 Å². The number of carbonyl (C=O) groups excluding carboxylic acids is 1. The first-order valence-corrected chi connectivity index (χ1v) is 14.4. The van der Waals surface area contributed by atoms with E-state index in [1.165, 1.54) is 57.8 Å². The summed E-state index contributed by atoms with van der Waals surface area (Å²) in [7, 11) is 0. The zero-order valence-corrected chi connectivity index (χ0v) is 24.8. The van der Waals surface area contributed by atoms with Crippen molar-refractivity contribution in [2.75, 3.05) is 0 Å². The Hall–Kier alpha value is -0.305. The van der Waals surface area contributed by atoms with Gasteiger partial charge < -0.3 is 5.73 Å². The molecule has 196 valence electrons. The Balaban J connectivity index is 5.64. The van der Waals surface area contributed by atoms with Gasteiger partial charge in [-0.1, -0.05) is 152 Å². The van der Waals surface area contributed by atoms with Crippen LogP contribution in [0, 0.1) is 16.7 Å². The van der Waals surface area contributed by atoms with Crippen LogP contribution in [0.25, 0.3) is 0 Å². The van der Waals surface area contributed by atoms with Gasteiger partial charge >= 0.3 is 0 Å². The van der Waals surface area contributed by atoms with E-state index in [4.69, 9.17) is 5.73 Å². The molecule has 1 atom stereocenters. The molecule has 0 saturated heterocycles. The lowest BCUT2D eigenvalue weighted by Crippen LogP contribution is -2.56. The van der Waals surface area contributed by atoms with Crippen LogP contribution in [0.4, 0.5) is 0 Å². The highest BCUT2D eigenvalue weighted by Crippen LogP contribution is 2.49. The Morgan fingerprint density at radius 3 is 1.58 bits per heavy atom. The van der Waals surface area contributed by atoms with Gasteiger partial charge in [0, 0.05) is 10.8 Å². The Labute approximate surface area is 210 Å². The van der Waals surface area contributed by atoms with E-state index in [1.807, 2.05) is 0 Å². The highest BCUT2D eigenvalue weighted by molar-refractivity contribution is 6.65. The standard InChI is InChI=1S/C30H62BNO/c1-12-14-16-18-20-22-30(11,21-19-17-15-13-2)26(33)27(5,6)24-28(7,8)31(23-25(3)4)29(9,10)32/h25H,12-24,32H2,1-11H3. The number of Topliss-reactive ketones (excluding diaryl/α,β-unsaturated/α-hetero) is 1. The summed E-state index contributed by atoms with van der Waals surface area (Å²) in [6.07, 6.45) is 15.4. The van der Waals surface area contributed by atoms with Crippen LogP contribution in [-0.2, 0) is 4.79 Å². The van der Waals surface area contributed by atoms with Gasteiger partial charge in [-0.3, -0.25) is 4.79 Å². The van der Waals surface area contributed by atoms with Crippen molar-refractivity contribution in [3.63, 3.8) is 0 Å². The Bertz CT molecular complexity index is 546. The SMILES string of the molecule is CCCCCCCC(C)(CCCCCC)C(=O)C(C)(C)CC(C)(C)B(CC(C)C)C(C)(C)N. The number of nitrogens with two attached hydrogens (primary N) is 1. The third-order valence-corrected chi connectivity index (χ3v) is 8.02. The fourth-order valence-corrected chi connectivity index (χ4v) is 6.67. The predicted octanol–water partition coefficient (Wildman–Crippen LogP) is 9.52. The van der Waals surface area contributed by atoms with Gasteiger partial charge in [0.2, 0.25) is 0 Å². The van der Waals surface area contributed by atoms with E-state index in [0.29, 0.717) is 18.4 Å². The number of carbonyl (C=O) groups is 1. The van der Waals surface area contributed by atoms with Crippen molar-refractivity contribution in [2.24, 2.45) is 22.5 Å². The second kappa shape index (κ2) is 14.3. The largest absolute Gasteiger partial charge is 0.332 e. The van der Waals surface area contributed by atoms with E-state index in [2.05, 4.69) is 76.2 Å². The lowest BCUT2D eigenvalue weighted by Gasteiger charge is -2.46. The first-order chi connectivity index (χ1) is 15.0. The van der Waals surface area contributed by atoms with Crippen molar-refractivity contribution in [2.45, 2.75) is 170 Å². The molecule has 0 aromatic heterocycles. The fourth-order valence-electron chi connectivity index (χ4n) is 6.67. The molecule has 33 heavy (non-hydrogen) atoms. The van der Waals surface area contributed by atoms with Gasteiger partial charge in [-0.15, -0.1) is 0 Å². The molecule has 0 aromatic carbocycles. The second-order valence-electron chi connectivity index (χ2n) is 13.9. The van der Waals surface area contributed by atoms with Crippen molar-refractivity contribution in [1.29, 1.82) is 0 Å². The van der Waals surface area contributed by atoms with E-state index >= 15 is 0 Å². The topological polar surface area (TPSA) is 43.1 Å². The highest BCUT2D eigenvalue weighted by Gasteiger charge is 2.49. The molecule has 0 aliphatic heterocycles. The summed E-state index contributed by atoms with van der Waals surface area (Å²) in [6.45, 7) is 25.2. The molecule has 3 heteroatoms. The maximum absolute atomic E-state index is 14.2. The van der Waals surface area contributed by atoms with E-state index in [0.717, 1.165) is 25.6 Å². The van der Waals surface area contributed by atoms with E-state index in [1.54, 1.807) is 0 Å². The molecule has 0 fully saturated rings. The Kier molecular flexibility index (Phi) is 14.2. The van der Waals surface area contributed by atoms with E-state index in [-0.39, 0.29) is 21.6 Å². The van der Waals surface area contributed by atoms with Crippen molar-refractivity contribution < 1.29 is 4.79 Å². The fraction of sp³-hybridized carbons (Fsp3) is 0.967. The minimum Gasteiger partial charge on any atom is -0.332 e. The van der Waals surface area contributed by atoms with E-state index in [9.17, 15) is 4.79 Å². The molecular weight excluding hydrogens is 401 g/mol. The van der Waals surface area contributed by atoms with Crippen LogP contribution in [0.2, 0.25) is 11.6 Å². The molecule has 0 heterocycles. The lowest BCUT2D eigenvalue weighted by molar-refractivity contribution is -0.138. The first-order valence-electron chi connectivity index (χ1n) is 14.4. The molecule has 0 aliphatic carbocycles. The first kappa shape index (κ1) is 32.7. The molecule has 1 unspecified atom stereocenters.